The summed E-state index contributed by atoms with van der Waals surface area (Å²) in [5.74, 6) is 0. The van der Waals surface area contributed by atoms with E-state index in [-0.39, 0.29) is 0 Å². The molecular weight excluding hydrogens is 124 g/mol. The molecule has 0 saturated carbocycles. The average Bonchev–Trinajstić information content (AvgIpc) is 1.87. The van der Waals surface area contributed by atoms with Crippen LogP contribution in [0.3, 0.4) is 0 Å². The molecule has 0 radical (unpaired) electrons. The number of hydrogen-bond donors (Lipinski definition) is 1. The first-order chi connectivity index (χ1) is 4.66. The van der Waals surface area contributed by atoms with Crippen molar-refractivity contribution in [2.24, 2.45) is 0 Å². The van der Waals surface area contributed by atoms with Crippen molar-refractivity contribution in [1.29, 1.82) is 0 Å². The summed E-state index contributed by atoms with van der Waals surface area (Å²) in [6.07, 6.45) is 1.02. The third-order valence-electron chi connectivity index (χ3n) is 1.36. The van der Waals surface area contributed by atoms with E-state index in [4.69, 9.17) is 0 Å². The molecule has 0 aliphatic heterocycles. The van der Waals surface area contributed by atoms with Crippen LogP contribution in [0.1, 0.15) is 13.3 Å². The van der Waals surface area contributed by atoms with Crippen molar-refractivity contribution < 1.29 is 0 Å². The fraction of sp³-hybridized carbons (Fsp3) is 0.750. The second kappa shape index (κ2) is 5.30. The summed E-state index contributed by atoms with van der Waals surface area (Å²) in [4.78, 5) is 2.15. The van der Waals surface area contributed by atoms with Crippen LogP contribution in [0, 0.1) is 0 Å². The van der Waals surface area contributed by atoms with Crippen LogP contribution in [0.2, 0.25) is 0 Å². The monoisotopic (exact) mass is 142 g/mol. The molecule has 2 nitrogen and oxygen atoms in total. The summed E-state index contributed by atoms with van der Waals surface area (Å²) in [5, 5.41) is 3.23. The molecule has 2 heteroatoms. The van der Waals surface area contributed by atoms with Crippen LogP contribution in [0.5, 0.6) is 0 Å². The summed E-state index contributed by atoms with van der Waals surface area (Å²) in [5.41, 5.74) is 1.13. The first kappa shape index (κ1) is 9.50. The Morgan fingerprint density at radius 2 is 2.10 bits per heavy atom. The van der Waals surface area contributed by atoms with E-state index in [0.717, 1.165) is 25.2 Å². The Bertz CT molecular complexity index is 97.4. The molecule has 0 unspecified atom stereocenters. The molecule has 0 atom stereocenters. The van der Waals surface area contributed by atoms with E-state index in [1.54, 1.807) is 0 Å². The van der Waals surface area contributed by atoms with E-state index in [9.17, 15) is 0 Å². The van der Waals surface area contributed by atoms with E-state index in [0.29, 0.717) is 0 Å². The van der Waals surface area contributed by atoms with Gasteiger partial charge in [-0.15, -0.1) is 0 Å². The fourth-order valence-electron chi connectivity index (χ4n) is 0.581. The summed E-state index contributed by atoms with van der Waals surface area (Å²) in [6.45, 7) is 8.01. The van der Waals surface area contributed by atoms with Gasteiger partial charge in [-0.05, 0) is 20.5 Å². The molecule has 0 spiro atoms. The zero-order chi connectivity index (χ0) is 7.98. The van der Waals surface area contributed by atoms with Crippen LogP contribution in [-0.2, 0) is 0 Å². The van der Waals surface area contributed by atoms with E-state index >= 15 is 0 Å². The van der Waals surface area contributed by atoms with Crippen molar-refractivity contribution >= 4 is 0 Å². The number of hydrogen-bond acceptors (Lipinski definition) is 2. The lowest BCUT2D eigenvalue weighted by Crippen LogP contribution is -2.25. The Morgan fingerprint density at radius 3 is 2.50 bits per heavy atom. The van der Waals surface area contributed by atoms with Crippen LogP contribution in [-0.4, -0.2) is 32.1 Å². The first-order valence-electron chi connectivity index (χ1n) is 3.73. The Hall–Kier alpha value is -0.500. The Kier molecular flexibility index (Phi) is 5.03. The number of allylic oxidation sites excluding steroid dienone is 1. The van der Waals surface area contributed by atoms with Gasteiger partial charge in [-0.1, -0.05) is 13.5 Å². The molecule has 1 N–H and O–H groups in total. The molecular formula is C8H18N2. The highest BCUT2D eigenvalue weighted by Crippen LogP contribution is 1.88. The van der Waals surface area contributed by atoms with Crippen molar-refractivity contribution in [3.8, 4) is 0 Å². The van der Waals surface area contributed by atoms with E-state index in [2.05, 4.69) is 37.8 Å². The Balaban J connectivity index is 3.12. The number of rotatable bonds is 5. The minimum atomic E-state index is 1.000. The maximum absolute atomic E-state index is 3.84. The molecule has 0 aliphatic carbocycles. The maximum atomic E-state index is 3.84. The standard InChI is InChI=1S/C8H18N2/c1-5-8(2)9-6-7-10(3)4/h9H,2,5-7H2,1,3-4H3. The third kappa shape index (κ3) is 5.63. The SMILES string of the molecule is C=C(CC)NCCN(C)C. The normalized spacial score (nSPS) is 10.0. The van der Waals surface area contributed by atoms with Crippen LogP contribution in [0.4, 0.5) is 0 Å². The van der Waals surface area contributed by atoms with Gasteiger partial charge < -0.3 is 10.2 Å². The molecule has 0 aromatic carbocycles. The van der Waals surface area contributed by atoms with E-state index in [1.165, 1.54) is 0 Å². The lowest BCUT2D eigenvalue weighted by atomic mass is 10.4. The topological polar surface area (TPSA) is 15.3 Å². The van der Waals surface area contributed by atoms with Gasteiger partial charge in [0, 0.05) is 18.8 Å². The highest BCUT2D eigenvalue weighted by atomic mass is 15.1. The van der Waals surface area contributed by atoms with Crippen molar-refractivity contribution in [2.45, 2.75) is 13.3 Å². The molecule has 0 heterocycles. The summed E-state index contributed by atoms with van der Waals surface area (Å²) in [7, 11) is 4.13. The largest absolute Gasteiger partial charge is 0.388 e. The van der Waals surface area contributed by atoms with Gasteiger partial charge in [0.15, 0.2) is 0 Å². The molecule has 0 saturated heterocycles. The molecule has 0 amide bonds. The van der Waals surface area contributed by atoms with Gasteiger partial charge in [0.2, 0.25) is 0 Å². The van der Waals surface area contributed by atoms with Gasteiger partial charge in [0.05, 0.1) is 0 Å². The molecule has 0 rings (SSSR count). The van der Waals surface area contributed by atoms with E-state index < -0.39 is 0 Å². The smallest absolute Gasteiger partial charge is 0.0271 e. The van der Waals surface area contributed by atoms with Gasteiger partial charge in [0.25, 0.3) is 0 Å². The molecule has 0 fully saturated rings. The minimum absolute atomic E-state index is 1.000. The van der Waals surface area contributed by atoms with Crippen LogP contribution < -0.4 is 5.32 Å². The molecule has 0 aromatic heterocycles. The second-order valence-electron chi connectivity index (χ2n) is 2.69. The maximum Gasteiger partial charge on any atom is 0.0271 e. The molecule has 0 aromatic rings. The predicted octanol–water partition coefficient (Wildman–Crippen LogP) is 1.06. The number of likely N-dealkylation sites (N-methyl/N-ethyl adjacent to an activating group) is 1. The zero-order valence-electron chi connectivity index (χ0n) is 7.28. The summed E-state index contributed by atoms with van der Waals surface area (Å²) in [6, 6.07) is 0. The van der Waals surface area contributed by atoms with Crippen molar-refractivity contribution in [3.05, 3.63) is 12.3 Å². The Labute approximate surface area is 63.9 Å². The van der Waals surface area contributed by atoms with Crippen LogP contribution in [0.15, 0.2) is 12.3 Å². The number of nitrogens with zero attached hydrogens (tertiary/aromatic N) is 1. The molecule has 10 heavy (non-hydrogen) atoms. The van der Waals surface area contributed by atoms with Crippen LogP contribution >= 0.6 is 0 Å². The van der Waals surface area contributed by atoms with Crippen molar-refractivity contribution in [1.82, 2.24) is 10.2 Å². The summed E-state index contributed by atoms with van der Waals surface area (Å²) < 4.78 is 0. The van der Waals surface area contributed by atoms with Gasteiger partial charge >= 0.3 is 0 Å². The number of nitrogens with one attached hydrogen (secondary N) is 1. The average molecular weight is 142 g/mol. The molecule has 0 aliphatic rings. The minimum Gasteiger partial charge on any atom is -0.388 e. The Morgan fingerprint density at radius 1 is 1.50 bits per heavy atom. The van der Waals surface area contributed by atoms with Crippen LogP contribution in [0.25, 0.3) is 0 Å². The lowest BCUT2D eigenvalue weighted by Gasteiger charge is -2.11. The highest BCUT2D eigenvalue weighted by Gasteiger charge is 1.89. The zero-order valence-corrected chi connectivity index (χ0v) is 7.28. The predicted molar refractivity (Wildman–Crippen MR) is 46.0 cm³/mol. The first-order valence-corrected chi connectivity index (χ1v) is 3.73. The van der Waals surface area contributed by atoms with E-state index in [1.807, 2.05) is 0 Å². The fourth-order valence-corrected chi connectivity index (χ4v) is 0.581. The van der Waals surface area contributed by atoms with Gasteiger partial charge in [0.1, 0.15) is 0 Å². The summed E-state index contributed by atoms with van der Waals surface area (Å²) >= 11 is 0. The quantitative estimate of drug-likeness (QED) is 0.617. The molecule has 60 valence electrons. The molecule has 0 bridgehead atoms. The van der Waals surface area contributed by atoms with Gasteiger partial charge in [-0.25, -0.2) is 0 Å². The third-order valence-corrected chi connectivity index (χ3v) is 1.36. The van der Waals surface area contributed by atoms with Crippen molar-refractivity contribution in [2.75, 3.05) is 27.2 Å². The highest BCUT2D eigenvalue weighted by molar-refractivity contribution is 4.88. The van der Waals surface area contributed by atoms with Gasteiger partial charge in [-0.2, -0.15) is 0 Å². The second-order valence-corrected chi connectivity index (χ2v) is 2.69. The van der Waals surface area contributed by atoms with Crippen molar-refractivity contribution in [3.63, 3.8) is 0 Å². The van der Waals surface area contributed by atoms with Gasteiger partial charge in [-0.3, -0.25) is 0 Å². The lowest BCUT2D eigenvalue weighted by molar-refractivity contribution is 0.407.